The van der Waals surface area contributed by atoms with Crippen LogP contribution in [0.3, 0.4) is 0 Å². The van der Waals surface area contributed by atoms with Crippen LogP contribution in [0.25, 0.3) is 0 Å². The third-order valence-corrected chi connectivity index (χ3v) is 6.24. The molecule has 1 aliphatic rings. The number of anilines is 2. The highest BCUT2D eigenvalue weighted by molar-refractivity contribution is 7.89. The van der Waals surface area contributed by atoms with Crippen molar-refractivity contribution in [2.45, 2.75) is 23.8 Å². The zero-order valence-corrected chi connectivity index (χ0v) is 19.0. The standard InChI is InChI=1S/C22H27N3O7S/c1-30-11-12-32-22(27)25-18-7-3-6-17(14-18)24-21(26)16-5-2-9-20(13-16)33(28,29)23-15-19-8-4-10-31-19/h2-3,5-7,9,13-14,19,23H,4,8,10-12,15H2,1H3,(H,24,26)(H,25,27). The molecule has 2 aromatic carbocycles. The SMILES string of the molecule is COCCOC(=O)Nc1cccc(NC(=O)c2cccc(S(=O)(=O)NCC3CCCO3)c2)c1. The van der Waals surface area contributed by atoms with Gasteiger partial charge in [-0.1, -0.05) is 12.1 Å². The summed E-state index contributed by atoms with van der Waals surface area (Å²) in [4.78, 5) is 24.4. The summed E-state index contributed by atoms with van der Waals surface area (Å²) in [6.07, 6.45) is 0.936. The van der Waals surface area contributed by atoms with Crippen LogP contribution in [0.4, 0.5) is 16.2 Å². The fourth-order valence-corrected chi connectivity index (χ4v) is 4.26. The molecule has 0 radical (unpaired) electrons. The molecular formula is C22H27N3O7S. The van der Waals surface area contributed by atoms with Crippen LogP contribution >= 0.6 is 0 Å². The monoisotopic (exact) mass is 477 g/mol. The van der Waals surface area contributed by atoms with Crippen LogP contribution in [0, 0.1) is 0 Å². The Bertz CT molecular complexity index is 1070. The van der Waals surface area contributed by atoms with Gasteiger partial charge in [0.25, 0.3) is 5.91 Å². The molecule has 33 heavy (non-hydrogen) atoms. The number of carbonyl (C=O) groups excluding carboxylic acids is 2. The molecule has 1 unspecified atom stereocenters. The molecule has 1 saturated heterocycles. The first kappa shape index (κ1) is 24.6. The van der Waals surface area contributed by atoms with E-state index < -0.39 is 22.0 Å². The van der Waals surface area contributed by atoms with E-state index in [1.165, 1.54) is 31.4 Å². The summed E-state index contributed by atoms with van der Waals surface area (Å²) >= 11 is 0. The molecule has 1 fully saturated rings. The highest BCUT2D eigenvalue weighted by Crippen LogP contribution is 2.18. The lowest BCUT2D eigenvalue weighted by Crippen LogP contribution is -2.32. The van der Waals surface area contributed by atoms with Gasteiger partial charge >= 0.3 is 6.09 Å². The van der Waals surface area contributed by atoms with Gasteiger partial charge in [-0.05, 0) is 49.2 Å². The highest BCUT2D eigenvalue weighted by Gasteiger charge is 2.21. The Morgan fingerprint density at radius 3 is 2.55 bits per heavy atom. The van der Waals surface area contributed by atoms with Gasteiger partial charge in [-0.3, -0.25) is 10.1 Å². The third kappa shape index (κ3) is 7.53. The summed E-state index contributed by atoms with van der Waals surface area (Å²) in [5.41, 5.74) is 1.01. The minimum Gasteiger partial charge on any atom is -0.447 e. The van der Waals surface area contributed by atoms with E-state index in [0.29, 0.717) is 18.0 Å². The average Bonchev–Trinajstić information content (AvgIpc) is 3.32. The smallest absolute Gasteiger partial charge is 0.411 e. The van der Waals surface area contributed by atoms with E-state index in [2.05, 4.69) is 15.4 Å². The van der Waals surface area contributed by atoms with Gasteiger partial charge in [0.15, 0.2) is 0 Å². The highest BCUT2D eigenvalue weighted by atomic mass is 32.2. The third-order valence-electron chi connectivity index (χ3n) is 4.82. The molecule has 2 aromatic rings. The Morgan fingerprint density at radius 1 is 1.06 bits per heavy atom. The van der Waals surface area contributed by atoms with Crippen molar-refractivity contribution in [1.82, 2.24) is 4.72 Å². The number of methoxy groups -OCH3 is 1. The van der Waals surface area contributed by atoms with Gasteiger partial charge in [0, 0.05) is 37.2 Å². The number of ether oxygens (including phenoxy) is 3. The van der Waals surface area contributed by atoms with Crippen LogP contribution in [-0.2, 0) is 24.2 Å². The number of nitrogens with one attached hydrogen (secondary N) is 3. The zero-order valence-electron chi connectivity index (χ0n) is 18.2. The second kappa shape index (κ2) is 11.8. The maximum atomic E-state index is 12.7. The van der Waals surface area contributed by atoms with Crippen molar-refractivity contribution >= 4 is 33.4 Å². The Balaban J connectivity index is 1.62. The van der Waals surface area contributed by atoms with Crippen molar-refractivity contribution in [3.63, 3.8) is 0 Å². The Labute approximate surface area is 192 Å². The van der Waals surface area contributed by atoms with Crippen molar-refractivity contribution in [2.75, 3.05) is 44.1 Å². The van der Waals surface area contributed by atoms with Gasteiger partial charge in [0.05, 0.1) is 17.6 Å². The predicted octanol–water partition coefficient (Wildman–Crippen LogP) is 2.59. The summed E-state index contributed by atoms with van der Waals surface area (Å²) in [7, 11) is -2.29. The lowest BCUT2D eigenvalue weighted by Gasteiger charge is -2.12. The summed E-state index contributed by atoms with van der Waals surface area (Å²) in [6, 6.07) is 12.2. The normalized spacial score (nSPS) is 15.7. The lowest BCUT2D eigenvalue weighted by atomic mass is 10.2. The first-order chi connectivity index (χ1) is 15.9. The Kier molecular flexibility index (Phi) is 8.78. The van der Waals surface area contributed by atoms with E-state index in [1.54, 1.807) is 24.3 Å². The average molecular weight is 478 g/mol. The van der Waals surface area contributed by atoms with Crippen molar-refractivity contribution in [3.8, 4) is 0 Å². The van der Waals surface area contributed by atoms with Crippen LogP contribution in [0.5, 0.6) is 0 Å². The van der Waals surface area contributed by atoms with Gasteiger partial charge < -0.3 is 19.5 Å². The van der Waals surface area contributed by atoms with Gasteiger partial charge in [-0.25, -0.2) is 17.9 Å². The van der Waals surface area contributed by atoms with E-state index in [0.717, 1.165) is 12.8 Å². The Hall–Kier alpha value is -2.99. The second-order valence-electron chi connectivity index (χ2n) is 7.30. The number of benzene rings is 2. The largest absolute Gasteiger partial charge is 0.447 e. The van der Waals surface area contributed by atoms with Crippen molar-refractivity contribution in [2.24, 2.45) is 0 Å². The first-order valence-corrected chi connectivity index (χ1v) is 11.9. The number of hydrogen-bond donors (Lipinski definition) is 3. The minimum absolute atomic E-state index is 0.0117. The van der Waals surface area contributed by atoms with E-state index in [1.807, 2.05) is 0 Å². The molecular weight excluding hydrogens is 450 g/mol. The van der Waals surface area contributed by atoms with Crippen LogP contribution in [-0.4, -0.2) is 60.0 Å². The van der Waals surface area contributed by atoms with E-state index in [-0.39, 0.29) is 36.3 Å². The van der Waals surface area contributed by atoms with E-state index in [9.17, 15) is 18.0 Å². The molecule has 3 rings (SSSR count). The number of sulfonamides is 1. The van der Waals surface area contributed by atoms with Gasteiger partial charge in [-0.15, -0.1) is 0 Å². The van der Waals surface area contributed by atoms with Gasteiger partial charge in [0.1, 0.15) is 6.61 Å². The first-order valence-electron chi connectivity index (χ1n) is 10.4. The van der Waals surface area contributed by atoms with Crippen molar-refractivity contribution in [1.29, 1.82) is 0 Å². The summed E-state index contributed by atoms with van der Waals surface area (Å²) in [5, 5.41) is 5.25. The summed E-state index contributed by atoms with van der Waals surface area (Å²) in [5.74, 6) is -0.494. The van der Waals surface area contributed by atoms with Crippen LogP contribution < -0.4 is 15.4 Å². The molecule has 0 saturated carbocycles. The molecule has 178 valence electrons. The number of amides is 2. The molecule has 3 N–H and O–H groups in total. The maximum absolute atomic E-state index is 12.7. The van der Waals surface area contributed by atoms with Crippen molar-refractivity contribution in [3.05, 3.63) is 54.1 Å². The molecule has 11 heteroatoms. The minimum atomic E-state index is -3.79. The van der Waals surface area contributed by atoms with E-state index in [4.69, 9.17) is 14.2 Å². The Morgan fingerprint density at radius 2 is 1.82 bits per heavy atom. The molecule has 1 atom stereocenters. The van der Waals surface area contributed by atoms with E-state index >= 15 is 0 Å². The van der Waals surface area contributed by atoms with Crippen LogP contribution in [0.2, 0.25) is 0 Å². The quantitative estimate of drug-likeness (QED) is 0.448. The van der Waals surface area contributed by atoms with Gasteiger partial charge in [-0.2, -0.15) is 0 Å². The molecule has 0 spiro atoms. The molecule has 0 bridgehead atoms. The number of hydrogen-bond acceptors (Lipinski definition) is 7. The molecule has 2 amide bonds. The van der Waals surface area contributed by atoms with Crippen LogP contribution in [0.15, 0.2) is 53.4 Å². The van der Waals surface area contributed by atoms with Crippen LogP contribution in [0.1, 0.15) is 23.2 Å². The van der Waals surface area contributed by atoms with Crippen molar-refractivity contribution < 1.29 is 32.2 Å². The molecule has 1 aliphatic heterocycles. The molecule has 0 aliphatic carbocycles. The lowest BCUT2D eigenvalue weighted by molar-refractivity contribution is 0.102. The summed E-state index contributed by atoms with van der Waals surface area (Å²) in [6.45, 7) is 1.21. The fraction of sp³-hybridized carbons (Fsp3) is 0.364. The fourth-order valence-electron chi connectivity index (χ4n) is 3.15. The predicted molar refractivity (Wildman–Crippen MR) is 122 cm³/mol. The topological polar surface area (TPSA) is 132 Å². The molecule has 0 aromatic heterocycles. The number of carbonyl (C=O) groups is 2. The van der Waals surface area contributed by atoms with Gasteiger partial charge in [0.2, 0.25) is 10.0 Å². The maximum Gasteiger partial charge on any atom is 0.411 e. The molecule has 1 heterocycles. The zero-order chi connectivity index (χ0) is 23.7. The second-order valence-corrected chi connectivity index (χ2v) is 9.07. The number of rotatable bonds is 10. The summed E-state index contributed by atoms with van der Waals surface area (Å²) < 4.78 is 42.9. The molecule has 10 nitrogen and oxygen atoms in total.